The first kappa shape index (κ1) is 18.8. The lowest BCUT2D eigenvalue weighted by molar-refractivity contribution is -0.123. The van der Waals surface area contributed by atoms with Crippen molar-refractivity contribution >= 4 is 5.91 Å². The minimum Gasteiger partial charge on any atom is -0.493 e. The third-order valence-electron chi connectivity index (χ3n) is 4.30. The Bertz CT molecular complexity index is 708. The normalized spacial score (nSPS) is 11.9. The van der Waals surface area contributed by atoms with Crippen molar-refractivity contribution in [2.24, 2.45) is 5.92 Å². The van der Waals surface area contributed by atoms with Gasteiger partial charge in [-0.25, -0.2) is 0 Å². The van der Waals surface area contributed by atoms with Crippen LogP contribution in [0, 0.1) is 12.8 Å². The fraction of sp³-hybridized carbons (Fsp3) is 0.381. The van der Waals surface area contributed by atoms with Gasteiger partial charge in [0, 0.05) is 6.54 Å². The predicted octanol–water partition coefficient (Wildman–Crippen LogP) is 4.07. The fourth-order valence-corrected chi connectivity index (χ4v) is 2.89. The highest BCUT2D eigenvalue weighted by atomic mass is 16.5. The summed E-state index contributed by atoms with van der Waals surface area (Å²) in [5, 5.41) is 3.05. The van der Waals surface area contributed by atoms with E-state index in [2.05, 4.69) is 17.4 Å². The van der Waals surface area contributed by atoms with E-state index in [1.807, 2.05) is 51.1 Å². The molecule has 0 aliphatic rings. The molecule has 134 valence electrons. The van der Waals surface area contributed by atoms with Crippen molar-refractivity contribution in [3.8, 4) is 11.5 Å². The zero-order valence-electron chi connectivity index (χ0n) is 15.6. The molecular formula is C21H27NO3. The van der Waals surface area contributed by atoms with Crippen LogP contribution >= 0.6 is 0 Å². The zero-order chi connectivity index (χ0) is 18.4. The molecule has 0 radical (unpaired) electrons. The number of hydrogen-bond donors (Lipinski definition) is 1. The average Bonchev–Trinajstić information content (AvgIpc) is 2.61. The Kier molecular flexibility index (Phi) is 6.45. The van der Waals surface area contributed by atoms with Gasteiger partial charge in [0.05, 0.1) is 20.1 Å². The van der Waals surface area contributed by atoms with Gasteiger partial charge in [-0.15, -0.1) is 0 Å². The molecule has 0 bridgehead atoms. The summed E-state index contributed by atoms with van der Waals surface area (Å²) in [5.74, 6) is 1.23. The summed E-state index contributed by atoms with van der Waals surface area (Å²) in [6.45, 7) is 6.67. The highest BCUT2D eigenvalue weighted by molar-refractivity contribution is 5.84. The van der Waals surface area contributed by atoms with E-state index in [0.29, 0.717) is 18.0 Å². The van der Waals surface area contributed by atoms with Crippen LogP contribution in [0.4, 0.5) is 0 Å². The lowest BCUT2D eigenvalue weighted by Crippen LogP contribution is -2.31. The number of rotatable bonds is 7. The number of amides is 1. The summed E-state index contributed by atoms with van der Waals surface area (Å²) in [5.41, 5.74) is 3.23. The van der Waals surface area contributed by atoms with Gasteiger partial charge in [0.15, 0.2) is 11.5 Å². The molecule has 0 heterocycles. The fourth-order valence-electron chi connectivity index (χ4n) is 2.89. The highest BCUT2D eigenvalue weighted by Crippen LogP contribution is 2.33. The van der Waals surface area contributed by atoms with E-state index >= 15 is 0 Å². The van der Waals surface area contributed by atoms with Crippen molar-refractivity contribution in [1.29, 1.82) is 0 Å². The lowest BCUT2D eigenvalue weighted by Gasteiger charge is -2.22. The van der Waals surface area contributed by atoms with Gasteiger partial charge >= 0.3 is 0 Å². The van der Waals surface area contributed by atoms with Crippen molar-refractivity contribution in [2.75, 3.05) is 14.2 Å². The molecule has 2 aromatic carbocycles. The Hall–Kier alpha value is -2.49. The summed E-state index contributed by atoms with van der Waals surface area (Å²) < 4.78 is 10.7. The standard InChI is InChI=1S/C21H27NO3/c1-14(2)20(17-10-11-18(24-4)19(12-17)25-5)21(23)22-13-16-8-6-15(3)7-9-16/h6-12,14,20H,13H2,1-5H3,(H,22,23). The summed E-state index contributed by atoms with van der Waals surface area (Å²) in [6, 6.07) is 13.8. The monoisotopic (exact) mass is 341 g/mol. The molecule has 25 heavy (non-hydrogen) atoms. The zero-order valence-corrected chi connectivity index (χ0v) is 15.6. The highest BCUT2D eigenvalue weighted by Gasteiger charge is 2.25. The predicted molar refractivity (Wildman–Crippen MR) is 100 cm³/mol. The molecule has 0 saturated heterocycles. The van der Waals surface area contributed by atoms with Crippen molar-refractivity contribution in [1.82, 2.24) is 5.32 Å². The largest absolute Gasteiger partial charge is 0.493 e. The summed E-state index contributed by atoms with van der Waals surface area (Å²) >= 11 is 0. The van der Waals surface area contributed by atoms with E-state index in [1.165, 1.54) is 5.56 Å². The molecule has 1 unspecified atom stereocenters. The van der Waals surface area contributed by atoms with Gasteiger partial charge in [0.25, 0.3) is 0 Å². The molecule has 1 atom stereocenters. The maximum absolute atomic E-state index is 12.8. The van der Waals surface area contributed by atoms with Crippen LogP contribution in [-0.4, -0.2) is 20.1 Å². The van der Waals surface area contributed by atoms with E-state index in [4.69, 9.17) is 9.47 Å². The Balaban J connectivity index is 2.16. The number of carbonyl (C=O) groups excluding carboxylic acids is 1. The van der Waals surface area contributed by atoms with Crippen LogP contribution in [-0.2, 0) is 11.3 Å². The Morgan fingerprint density at radius 2 is 1.64 bits per heavy atom. The molecule has 2 aromatic rings. The second-order valence-electron chi connectivity index (χ2n) is 6.54. The van der Waals surface area contributed by atoms with Gasteiger partial charge in [0.2, 0.25) is 5.91 Å². The molecule has 0 aliphatic heterocycles. The molecule has 0 saturated carbocycles. The molecule has 0 aromatic heterocycles. The van der Waals surface area contributed by atoms with Gasteiger partial charge in [-0.2, -0.15) is 0 Å². The van der Waals surface area contributed by atoms with E-state index in [0.717, 1.165) is 11.1 Å². The third-order valence-corrected chi connectivity index (χ3v) is 4.30. The maximum atomic E-state index is 12.8. The molecule has 4 heteroatoms. The number of methoxy groups -OCH3 is 2. The van der Waals surface area contributed by atoms with Crippen molar-refractivity contribution < 1.29 is 14.3 Å². The van der Waals surface area contributed by atoms with Gasteiger partial charge in [-0.3, -0.25) is 4.79 Å². The number of nitrogens with one attached hydrogen (secondary N) is 1. The molecule has 1 amide bonds. The maximum Gasteiger partial charge on any atom is 0.228 e. The third kappa shape index (κ3) is 4.75. The van der Waals surface area contributed by atoms with Crippen LogP contribution in [0.2, 0.25) is 0 Å². The van der Waals surface area contributed by atoms with Crippen LogP contribution in [0.5, 0.6) is 11.5 Å². The smallest absolute Gasteiger partial charge is 0.228 e. The van der Waals surface area contributed by atoms with Crippen LogP contribution in [0.25, 0.3) is 0 Å². The van der Waals surface area contributed by atoms with Gasteiger partial charge < -0.3 is 14.8 Å². The van der Waals surface area contributed by atoms with Crippen molar-refractivity contribution in [3.05, 3.63) is 59.2 Å². The average molecular weight is 341 g/mol. The van der Waals surface area contributed by atoms with Crippen LogP contribution in [0.3, 0.4) is 0 Å². The van der Waals surface area contributed by atoms with E-state index in [-0.39, 0.29) is 17.7 Å². The number of ether oxygens (including phenoxy) is 2. The van der Waals surface area contributed by atoms with Crippen LogP contribution in [0.1, 0.15) is 36.5 Å². The topological polar surface area (TPSA) is 47.6 Å². The van der Waals surface area contributed by atoms with Gasteiger partial charge in [-0.05, 0) is 36.1 Å². The second-order valence-corrected chi connectivity index (χ2v) is 6.54. The Morgan fingerprint density at radius 3 is 2.20 bits per heavy atom. The van der Waals surface area contributed by atoms with Crippen LogP contribution < -0.4 is 14.8 Å². The molecule has 1 N–H and O–H groups in total. The Morgan fingerprint density at radius 1 is 1.00 bits per heavy atom. The van der Waals surface area contributed by atoms with Gasteiger partial charge in [0.1, 0.15) is 0 Å². The quantitative estimate of drug-likeness (QED) is 0.826. The summed E-state index contributed by atoms with van der Waals surface area (Å²) in [4.78, 5) is 12.8. The summed E-state index contributed by atoms with van der Waals surface area (Å²) in [6.07, 6.45) is 0. The first-order chi connectivity index (χ1) is 12.0. The van der Waals surface area contributed by atoms with Gasteiger partial charge in [-0.1, -0.05) is 49.7 Å². The molecule has 4 nitrogen and oxygen atoms in total. The summed E-state index contributed by atoms with van der Waals surface area (Å²) in [7, 11) is 3.20. The minimum absolute atomic E-state index is 0.0165. The van der Waals surface area contributed by atoms with E-state index < -0.39 is 0 Å². The first-order valence-corrected chi connectivity index (χ1v) is 8.51. The molecule has 2 rings (SSSR count). The second kappa shape index (κ2) is 8.56. The SMILES string of the molecule is COc1ccc(C(C(=O)NCc2ccc(C)cc2)C(C)C)cc1OC. The Labute approximate surface area is 150 Å². The minimum atomic E-state index is -0.245. The molecule has 0 aliphatic carbocycles. The molecular weight excluding hydrogens is 314 g/mol. The van der Waals surface area contributed by atoms with E-state index in [1.54, 1.807) is 14.2 Å². The van der Waals surface area contributed by atoms with Crippen molar-refractivity contribution in [2.45, 2.75) is 33.2 Å². The first-order valence-electron chi connectivity index (χ1n) is 8.51. The van der Waals surface area contributed by atoms with E-state index in [9.17, 15) is 4.79 Å². The number of aryl methyl sites for hydroxylation is 1. The van der Waals surface area contributed by atoms with Crippen molar-refractivity contribution in [3.63, 3.8) is 0 Å². The van der Waals surface area contributed by atoms with Crippen LogP contribution in [0.15, 0.2) is 42.5 Å². The molecule has 0 fully saturated rings. The number of carbonyl (C=O) groups is 1. The number of benzene rings is 2. The molecule has 0 spiro atoms. The number of hydrogen-bond acceptors (Lipinski definition) is 3. The lowest BCUT2D eigenvalue weighted by atomic mass is 9.87.